The minimum atomic E-state index is -1.50. The van der Waals surface area contributed by atoms with Gasteiger partial charge in [0.15, 0.2) is 10.0 Å². The largest absolute Gasteiger partial charge is 1.00 e. The predicted octanol–water partition coefficient (Wildman–Crippen LogP) is -18.8. The average molecular weight is 1070 g/mol. The van der Waals surface area contributed by atoms with E-state index in [0.29, 0.717) is 22.7 Å². The van der Waals surface area contributed by atoms with E-state index in [1.807, 2.05) is 0 Å². The Balaban J connectivity index is 0.00000296. The summed E-state index contributed by atoms with van der Waals surface area (Å²) in [6.07, 6.45) is -4.10. The van der Waals surface area contributed by atoms with Gasteiger partial charge >= 0.3 is 189 Å². The number of ether oxygens (including phenoxy) is 2. The van der Waals surface area contributed by atoms with E-state index in [1.165, 1.54) is 48.5 Å². The summed E-state index contributed by atoms with van der Waals surface area (Å²) in [6, 6.07) is 10.9. The number of benzene rings is 4. The van der Waals surface area contributed by atoms with Crippen LogP contribution >= 0.6 is 22.7 Å². The molecule has 0 unspecified atom stereocenters. The van der Waals surface area contributed by atoms with Crippen molar-refractivity contribution in [3.8, 4) is 33.0 Å². The van der Waals surface area contributed by atoms with Crippen molar-refractivity contribution < 1.29 is 256 Å². The van der Waals surface area contributed by atoms with Crippen LogP contribution in [0.4, 0.5) is 0 Å². The number of hydrogen-bond acceptors (Lipinski definition) is 18. The van der Waals surface area contributed by atoms with Crippen LogP contribution in [0, 0.1) is 0 Å². The van der Waals surface area contributed by atoms with E-state index in [9.17, 15) is 69.6 Å². The van der Waals surface area contributed by atoms with Crippen molar-refractivity contribution in [2.24, 2.45) is 0 Å². The molecule has 4 heterocycles. The molecule has 2 N–H and O–H groups in total. The summed E-state index contributed by atoms with van der Waals surface area (Å²) >= 11 is 1.36. The number of fused-ring (bicyclic) bond motifs is 2. The second kappa shape index (κ2) is 28.5. The van der Waals surface area contributed by atoms with Crippen molar-refractivity contribution in [3.05, 3.63) is 136 Å². The maximum absolute atomic E-state index is 14.7. The van der Waals surface area contributed by atoms with E-state index < -0.39 is 86.2 Å². The van der Waals surface area contributed by atoms with Crippen molar-refractivity contribution in [1.29, 1.82) is 0 Å². The van der Waals surface area contributed by atoms with Crippen molar-refractivity contribution in [1.82, 2.24) is 9.97 Å². The molecule has 72 heavy (non-hydrogen) atoms. The second-order valence-corrected chi connectivity index (χ2v) is 17.7. The minimum absolute atomic E-state index is 0. The molecule has 2 aliphatic heterocycles. The SMILES string of the molecule is O=C([O-])Cc1cc2c([O-])c(c1)Cc1cc(CC(=O)[O-])cc3c1OCc1nc(sc1C(=O)O)-c1nc(c(C(=O)O)s1)COc1c(cc(CC(=O)[O-])cc1Cc1cc(CC(=O)[O-])cc(c1[O-])C3)C2.[Na+].[Na+].[Na+].[Na+].[Na+].[Na+]. The van der Waals surface area contributed by atoms with Gasteiger partial charge in [0.05, 0.1) is 0 Å². The quantitative estimate of drug-likeness (QED) is 0.120. The van der Waals surface area contributed by atoms with E-state index in [-0.39, 0.29) is 312 Å². The molecule has 0 saturated carbocycles. The Bertz CT molecular complexity index is 2790. The number of carbonyl (C=O) groups excluding carboxylic acids is 4. The molecule has 6 aromatic rings. The fourth-order valence-electron chi connectivity index (χ4n) is 8.32. The zero-order valence-corrected chi connectivity index (χ0v) is 53.6. The van der Waals surface area contributed by atoms with E-state index >= 15 is 0 Å². The number of nitrogens with zero attached hydrogens (tertiary/aromatic N) is 2. The molecular weight excluding hydrogens is 1040 g/mol. The molecule has 338 valence electrons. The number of carboxylic acid groups (broad SMARTS) is 6. The van der Waals surface area contributed by atoms with Crippen molar-refractivity contribution in [2.75, 3.05) is 0 Å². The Labute approximate surface area is 550 Å². The summed E-state index contributed by atoms with van der Waals surface area (Å²) in [6.45, 7) is -1.17. The predicted molar refractivity (Wildman–Crippen MR) is 217 cm³/mol. The van der Waals surface area contributed by atoms with Gasteiger partial charge in [-0.1, -0.05) is 70.8 Å². The van der Waals surface area contributed by atoms with Gasteiger partial charge in [0.2, 0.25) is 0 Å². The van der Waals surface area contributed by atoms with E-state index in [4.69, 9.17) is 9.47 Å². The second-order valence-electron chi connectivity index (χ2n) is 15.7. The van der Waals surface area contributed by atoms with Gasteiger partial charge in [-0.3, -0.25) is 0 Å². The van der Waals surface area contributed by atoms with Crippen molar-refractivity contribution in [3.63, 3.8) is 0 Å². The molecule has 0 fully saturated rings. The molecule has 18 nitrogen and oxygen atoms in total. The van der Waals surface area contributed by atoms with Gasteiger partial charge in [-0.25, -0.2) is 19.6 Å². The molecule has 0 radical (unpaired) electrons. The van der Waals surface area contributed by atoms with Crippen LogP contribution in [0.1, 0.15) is 97.5 Å². The summed E-state index contributed by atoms with van der Waals surface area (Å²) in [5.74, 6) is -10.2. The number of aromatic nitrogens is 2. The molecule has 9 rings (SSSR count). The summed E-state index contributed by atoms with van der Waals surface area (Å²) in [4.78, 5) is 81.9. The zero-order chi connectivity index (χ0) is 47.1. The fraction of sp³-hybridized carbons (Fsp3) is 0.217. The van der Waals surface area contributed by atoms with Crippen molar-refractivity contribution >= 4 is 58.5 Å². The number of thiazole rings is 2. The number of carboxylic acids is 6. The third-order valence-corrected chi connectivity index (χ3v) is 13.1. The van der Waals surface area contributed by atoms with Crippen LogP contribution < -0.4 is 217 Å². The summed E-state index contributed by atoms with van der Waals surface area (Å²) in [5.41, 5.74) is 0.632. The monoisotopic (exact) mass is 1070 g/mol. The van der Waals surface area contributed by atoms with Gasteiger partial charge < -0.3 is 69.5 Å². The molecule has 2 aromatic heterocycles. The molecular formula is C46H30N2Na6O16S2. The maximum Gasteiger partial charge on any atom is 1.00 e. The van der Waals surface area contributed by atoms with Crippen LogP contribution in [0.3, 0.4) is 0 Å². The van der Waals surface area contributed by atoms with E-state index in [2.05, 4.69) is 9.97 Å². The molecule has 0 atom stereocenters. The topological polar surface area (TPSA) is 325 Å². The van der Waals surface area contributed by atoms with Gasteiger partial charge in [0.25, 0.3) is 0 Å². The average Bonchev–Trinajstić information content (AvgIpc) is 3.84. The maximum atomic E-state index is 14.7. The third kappa shape index (κ3) is 15.6. The normalized spacial score (nSPS) is 11.8. The summed E-state index contributed by atoms with van der Waals surface area (Å²) < 4.78 is 12.8. The summed E-state index contributed by atoms with van der Waals surface area (Å²) in [5, 5.41) is 98.2. The molecule has 4 aromatic carbocycles. The smallest absolute Gasteiger partial charge is 0.872 e. The van der Waals surface area contributed by atoms with E-state index in [0.717, 1.165) is 0 Å². The molecule has 0 spiro atoms. The van der Waals surface area contributed by atoms with Gasteiger partial charge in [0.1, 0.15) is 45.9 Å². The van der Waals surface area contributed by atoms with E-state index in [1.54, 1.807) is 0 Å². The Hall–Kier alpha value is -1.84. The van der Waals surface area contributed by atoms with Crippen LogP contribution in [-0.2, 0) is 83.8 Å². The molecule has 0 saturated heterocycles. The molecule has 1 aliphatic carbocycles. The Kier molecular flexibility index (Phi) is 26.2. The molecule has 14 bridgehead atoms. The van der Waals surface area contributed by atoms with Gasteiger partial charge in [-0.2, -0.15) is 0 Å². The third-order valence-electron chi connectivity index (χ3n) is 10.8. The number of hydrogen-bond donors (Lipinski definition) is 2. The van der Waals surface area contributed by atoms with Crippen LogP contribution in [-0.4, -0.2) is 56.0 Å². The first-order chi connectivity index (χ1) is 31.4. The van der Waals surface area contributed by atoms with Gasteiger partial charge in [0, 0.05) is 75.2 Å². The van der Waals surface area contributed by atoms with Crippen LogP contribution in [0.5, 0.6) is 23.0 Å². The fourth-order valence-corrected chi connectivity index (χ4v) is 10.2. The Morgan fingerprint density at radius 1 is 0.444 bits per heavy atom. The Morgan fingerprint density at radius 3 is 0.903 bits per heavy atom. The van der Waals surface area contributed by atoms with Crippen LogP contribution in [0.15, 0.2) is 48.5 Å². The minimum Gasteiger partial charge on any atom is -0.872 e. The molecule has 3 aliphatic rings. The van der Waals surface area contributed by atoms with Crippen molar-refractivity contribution in [2.45, 2.75) is 64.6 Å². The number of aromatic carboxylic acids is 2. The first kappa shape index (κ1) is 66.3. The zero-order valence-electron chi connectivity index (χ0n) is 40.0. The number of carbonyl (C=O) groups is 6. The Morgan fingerprint density at radius 2 is 0.681 bits per heavy atom. The van der Waals surface area contributed by atoms with Crippen LogP contribution in [0.2, 0.25) is 0 Å². The van der Waals surface area contributed by atoms with Gasteiger partial charge in [-0.05, 0) is 44.5 Å². The number of aliphatic carboxylic acids is 4. The summed E-state index contributed by atoms with van der Waals surface area (Å²) in [7, 11) is 0. The standard InChI is InChI=1S/C46H36N2O16S2.6Na/c49-33(50)9-19-1-23-13-27-5-21(11-35(53)54)6-29-15-25-3-20(10-34(51)52)4-26(38(25)58)16-30-8-22(12-36(55)56)7-28(14-24(2-19)37(23)57)40(30)64-18-32-42(46(61)62)66-44(48-32)43-47-31(17-63-39(27)29)41(65-43)45(59)60;;;;;;/h1-8,57-58H,9-18H2,(H,49,50)(H,51,52)(H,53,54)(H,55,56)(H,59,60)(H,61,62);;;;;;/q;6*+1/p-6. The molecule has 26 heteroatoms. The first-order valence-electron chi connectivity index (χ1n) is 19.8. The number of rotatable bonds is 10. The molecule has 0 amide bonds. The first-order valence-corrected chi connectivity index (χ1v) is 21.5. The van der Waals surface area contributed by atoms with Gasteiger partial charge in [-0.15, -0.1) is 34.2 Å². The van der Waals surface area contributed by atoms with Crippen LogP contribution in [0.25, 0.3) is 10.0 Å².